The first kappa shape index (κ1) is 13.8. The summed E-state index contributed by atoms with van der Waals surface area (Å²) < 4.78 is 0. The Balaban J connectivity index is 1.92. The highest BCUT2D eigenvalue weighted by atomic mass is 16.2. The van der Waals surface area contributed by atoms with Crippen LogP contribution >= 0.6 is 0 Å². The van der Waals surface area contributed by atoms with Crippen LogP contribution in [0, 0.1) is 17.2 Å². The predicted octanol–water partition coefficient (Wildman–Crippen LogP) is -0.0356. The third kappa shape index (κ3) is 3.44. The van der Waals surface area contributed by atoms with E-state index < -0.39 is 6.17 Å². The zero-order valence-electron chi connectivity index (χ0n) is 11.0. The Kier molecular flexibility index (Phi) is 4.74. The summed E-state index contributed by atoms with van der Waals surface area (Å²) >= 11 is 0. The van der Waals surface area contributed by atoms with Crippen LogP contribution in [0.4, 0.5) is 0 Å². The maximum absolute atomic E-state index is 12.1. The Labute approximate surface area is 113 Å². The minimum absolute atomic E-state index is 0.0385. The van der Waals surface area contributed by atoms with E-state index in [0.29, 0.717) is 13.0 Å². The van der Waals surface area contributed by atoms with E-state index >= 15 is 0 Å². The van der Waals surface area contributed by atoms with E-state index in [1.165, 1.54) is 4.90 Å². The number of nitrogens with zero attached hydrogens (tertiary/aromatic N) is 2. The third-order valence-electron chi connectivity index (χ3n) is 3.78. The number of nitriles is 1. The second-order valence-corrected chi connectivity index (χ2v) is 5.11. The SMILES string of the molecule is N#CC(NC(=O)C1CCNCC1)N1CCCCC1=O. The van der Waals surface area contributed by atoms with Crippen molar-refractivity contribution in [3.8, 4) is 6.07 Å². The molecule has 1 atom stereocenters. The van der Waals surface area contributed by atoms with Gasteiger partial charge in [-0.05, 0) is 38.8 Å². The van der Waals surface area contributed by atoms with Crippen LogP contribution in [0.3, 0.4) is 0 Å². The van der Waals surface area contributed by atoms with E-state index in [2.05, 4.69) is 10.6 Å². The number of carbonyl (C=O) groups is 2. The van der Waals surface area contributed by atoms with Gasteiger partial charge in [0.05, 0.1) is 0 Å². The molecule has 2 rings (SSSR count). The van der Waals surface area contributed by atoms with E-state index in [-0.39, 0.29) is 17.7 Å². The van der Waals surface area contributed by atoms with E-state index in [0.717, 1.165) is 38.8 Å². The molecule has 0 aromatic heterocycles. The molecule has 6 heteroatoms. The zero-order valence-corrected chi connectivity index (χ0v) is 11.0. The summed E-state index contributed by atoms with van der Waals surface area (Å²) in [5.41, 5.74) is 0. The normalized spacial score (nSPS) is 22.7. The van der Waals surface area contributed by atoms with Crippen LogP contribution in [0.15, 0.2) is 0 Å². The van der Waals surface area contributed by atoms with Gasteiger partial charge in [0.1, 0.15) is 6.07 Å². The third-order valence-corrected chi connectivity index (χ3v) is 3.78. The van der Waals surface area contributed by atoms with Gasteiger partial charge in [-0.15, -0.1) is 0 Å². The highest BCUT2D eigenvalue weighted by Gasteiger charge is 2.29. The van der Waals surface area contributed by atoms with Gasteiger partial charge in [0.2, 0.25) is 11.8 Å². The Morgan fingerprint density at radius 2 is 2.16 bits per heavy atom. The molecule has 0 bridgehead atoms. The standard InChI is InChI=1S/C13H20N4O2/c14-9-11(17-8-2-1-3-12(17)18)16-13(19)10-4-6-15-7-5-10/h10-11,15H,1-8H2,(H,16,19). The Morgan fingerprint density at radius 1 is 1.42 bits per heavy atom. The van der Waals surface area contributed by atoms with Gasteiger partial charge >= 0.3 is 0 Å². The first-order chi connectivity index (χ1) is 9.22. The minimum Gasteiger partial charge on any atom is -0.324 e. The minimum atomic E-state index is -0.810. The van der Waals surface area contributed by atoms with Gasteiger partial charge in [-0.3, -0.25) is 9.59 Å². The van der Waals surface area contributed by atoms with E-state index in [1.807, 2.05) is 6.07 Å². The fraction of sp³-hybridized carbons (Fsp3) is 0.769. The summed E-state index contributed by atoms with van der Waals surface area (Å²) in [6.07, 6.45) is 3.01. The molecule has 0 radical (unpaired) electrons. The highest BCUT2D eigenvalue weighted by Crippen LogP contribution is 2.15. The molecule has 6 nitrogen and oxygen atoms in total. The van der Waals surface area contributed by atoms with Crippen molar-refractivity contribution in [2.75, 3.05) is 19.6 Å². The van der Waals surface area contributed by atoms with Crippen molar-refractivity contribution in [2.45, 2.75) is 38.3 Å². The van der Waals surface area contributed by atoms with Crippen molar-refractivity contribution >= 4 is 11.8 Å². The van der Waals surface area contributed by atoms with Gasteiger partial charge < -0.3 is 15.5 Å². The molecule has 2 aliphatic heterocycles. The van der Waals surface area contributed by atoms with Crippen LogP contribution in [0.25, 0.3) is 0 Å². The van der Waals surface area contributed by atoms with Gasteiger partial charge in [-0.25, -0.2) is 0 Å². The van der Waals surface area contributed by atoms with Gasteiger partial charge in [0.25, 0.3) is 0 Å². The van der Waals surface area contributed by atoms with Gasteiger partial charge in [-0.1, -0.05) is 0 Å². The fourth-order valence-electron chi connectivity index (χ4n) is 2.62. The zero-order chi connectivity index (χ0) is 13.7. The quantitative estimate of drug-likeness (QED) is 0.749. The summed E-state index contributed by atoms with van der Waals surface area (Å²) in [5, 5.41) is 15.1. The number of nitrogens with one attached hydrogen (secondary N) is 2. The summed E-state index contributed by atoms with van der Waals surface area (Å²) in [6.45, 7) is 2.22. The van der Waals surface area contributed by atoms with Crippen molar-refractivity contribution < 1.29 is 9.59 Å². The molecule has 0 aliphatic carbocycles. The molecule has 0 saturated carbocycles. The monoisotopic (exact) mass is 264 g/mol. The van der Waals surface area contributed by atoms with Gasteiger partial charge in [0, 0.05) is 18.9 Å². The molecule has 2 N–H and O–H groups in total. The molecular weight excluding hydrogens is 244 g/mol. The fourth-order valence-corrected chi connectivity index (χ4v) is 2.62. The number of hydrogen-bond donors (Lipinski definition) is 2. The lowest BCUT2D eigenvalue weighted by molar-refractivity contribution is -0.137. The molecule has 0 spiro atoms. The van der Waals surface area contributed by atoms with Crippen LogP contribution in [-0.4, -0.2) is 42.5 Å². The number of likely N-dealkylation sites (tertiary alicyclic amines) is 1. The predicted molar refractivity (Wildman–Crippen MR) is 68.7 cm³/mol. The second kappa shape index (κ2) is 6.53. The van der Waals surface area contributed by atoms with Crippen molar-refractivity contribution in [1.82, 2.24) is 15.5 Å². The molecule has 0 aromatic rings. The summed E-state index contributed by atoms with van der Waals surface area (Å²) in [7, 11) is 0. The van der Waals surface area contributed by atoms with E-state index in [4.69, 9.17) is 0 Å². The highest BCUT2D eigenvalue weighted by molar-refractivity contribution is 5.81. The number of carbonyl (C=O) groups excluding carboxylic acids is 2. The largest absolute Gasteiger partial charge is 0.324 e. The number of amides is 2. The van der Waals surface area contributed by atoms with E-state index in [1.54, 1.807) is 0 Å². The van der Waals surface area contributed by atoms with Crippen molar-refractivity contribution in [1.29, 1.82) is 5.26 Å². The van der Waals surface area contributed by atoms with Crippen LogP contribution in [0.1, 0.15) is 32.1 Å². The first-order valence-corrected chi connectivity index (χ1v) is 6.92. The topological polar surface area (TPSA) is 85.2 Å². The summed E-state index contributed by atoms with van der Waals surface area (Å²) in [4.78, 5) is 25.3. The molecule has 1 unspecified atom stereocenters. The van der Waals surface area contributed by atoms with Gasteiger partial charge in [0.15, 0.2) is 6.17 Å². The molecule has 2 aliphatic rings. The average molecular weight is 264 g/mol. The lowest BCUT2D eigenvalue weighted by atomic mass is 9.97. The van der Waals surface area contributed by atoms with Crippen LogP contribution in [-0.2, 0) is 9.59 Å². The molecule has 104 valence electrons. The average Bonchev–Trinajstić information content (AvgIpc) is 2.46. The smallest absolute Gasteiger partial charge is 0.225 e. The lowest BCUT2D eigenvalue weighted by Gasteiger charge is -2.32. The molecule has 2 saturated heterocycles. The number of rotatable bonds is 3. The van der Waals surface area contributed by atoms with E-state index in [9.17, 15) is 14.9 Å². The summed E-state index contributed by atoms with van der Waals surface area (Å²) in [6, 6.07) is 2.03. The maximum atomic E-state index is 12.1. The Morgan fingerprint density at radius 3 is 2.79 bits per heavy atom. The van der Waals surface area contributed by atoms with Gasteiger partial charge in [-0.2, -0.15) is 5.26 Å². The molecule has 2 heterocycles. The Bertz CT molecular complexity index is 385. The lowest BCUT2D eigenvalue weighted by Crippen LogP contribution is -2.53. The van der Waals surface area contributed by atoms with Crippen molar-refractivity contribution in [3.05, 3.63) is 0 Å². The summed E-state index contributed by atoms with van der Waals surface area (Å²) in [5.74, 6) is -0.188. The number of hydrogen-bond acceptors (Lipinski definition) is 4. The van der Waals surface area contributed by atoms with Crippen LogP contribution < -0.4 is 10.6 Å². The van der Waals surface area contributed by atoms with Crippen molar-refractivity contribution in [2.24, 2.45) is 5.92 Å². The molecule has 2 fully saturated rings. The number of piperidine rings is 2. The molecule has 19 heavy (non-hydrogen) atoms. The molecule has 0 aromatic carbocycles. The Hall–Kier alpha value is -1.61. The van der Waals surface area contributed by atoms with Crippen molar-refractivity contribution in [3.63, 3.8) is 0 Å². The maximum Gasteiger partial charge on any atom is 0.225 e. The first-order valence-electron chi connectivity index (χ1n) is 6.92. The van der Waals surface area contributed by atoms with Crippen LogP contribution in [0.5, 0.6) is 0 Å². The molecule has 2 amide bonds. The van der Waals surface area contributed by atoms with Crippen LogP contribution in [0.2, 0.25) is 0 Å². The molecular formula is C13H20N4O2. The second-order valence-electron chi connectivity index (χ2n) is 5.11.